The first-order valence-electron chi connectivity index (χ1n) is 12.4. The SMILES string of the molecule is CCn1ncc(Cl)c1-c1cc(C(=O)N[C@@H](Cc2ccccc2C(F)(F)F)CN2C(=O)c3ccccc3C2=O)sc1Cl. The van der Waals surface area contributed by atoms with Gasteiger partial charge in [0.25, 0.3) is 17.7 Å². The monoisotopic (exact) mass is 620 g/mol. The number of amides is 3. The summed E-state index contributed by atoms with van der Waals surface area (Å²) in [6.07, 6.45) is -3.47. The second kappa shape index (κ2) is 11.3. The molecular formula is C28H21Cl2F3N4O3S. The molecule has 1 aliphatic heterocycles. The number of nitrogens with zero attached hydrogens (tertiary/aromatic N) is 3. The molecular weight excluding hydrogens is 600 g/mol. The fraction of sp³-hybridized carbons (Fsp3) is 0.214. The van der Waals surface area contributed by atoms with Crippen LogP contribution in [0.1, 0.15) is 48.4 Å². The van der Waals surface area contributed by atoms with E-state index in [2.05, 4.69) is 10.4 Å². The number of hydrogen-bond acceptors (Lipinski definition) is 5. The average Bonchev–Trinajstić information content (AvgIpc) is 3.58. The molecule has 0 spiro atoms. The van der Waals surface area contributed by atoms with E-state index in [4.69, 9.17) is 23.2 Å². The number of alkyl halides is 3. The quantitative estimate of drug-likeness (QED) is 0.225. The van der Waals surface area contributed by atoms with Crippen molar-refractivity contribution in [1.29, 1.82) is 0 Å². The predicted molar refractivity (Wildman–Crippen MR) is 149 cm³/mol. The van der Waals surface area contributed by atoms with E-state index in [0.717, 1.165) is 22.3 Å². The van der Waals surface area contributed by atoms with Crippen molar-refractivity contribution in [2.24, 2.45) is 0 Å². The maximum Gasteiger partial charge on any atom is 0.416 e. The Balaban J connectivity index is 1.46. The van der Waals surface area contributed by atoms with Gasteiger partial charge >= 0.3 is 6.18 Å². The van der Waals surface area contributed by atoms with E-state index in [1.807, 2.05) is 6.92 Å². The molecule has 0 fully saturated rings. The molecule has 0 aliphatic carbocycles. The minimum Gasteiger partial charge on any atom is -0.346 e. The summed E-state index contributed by atoms with van der Waals surface area (Å²) >= 11 is 13.7. The normalized spacial score (nSPS) is 14.0. The van der Waals surface area contributed by atoms with Crippen LogP contribution in [0, 0.1) is 0 Å². The second-order valence-corrected chi connectivity index (χ2v) is 11.3. The number of thiophene rings is 1. The van der Waals surface area contributed by atoms with E-state index in [-0.39, 0.29) is 38.9 Å². The van der Waals surface area contributed by atoms with Crippen molar-refractivity contribution in [3.05, 3.63) is 97.3 Å². The van der Waals surface area contributed by atoms with Crippen LogP contribution in [0.4, 0.5) is 13.2 Å². The standard InChI is InChI=1S/C28H21Cl2F3N4O3S/c1-2-37-23(21(29)13-34-37)19-12-22(41-24(19)30)25(38)35-16(11-15-7-3-6-10-20(15)28(31,32)33)14-36-26(39)17-8-4-5-9-18(17)27(36)40/h3-10,12-13,16H,2,11,14H2,1H3,(H,35,38)/t16-/m0/s1. The molecule has 212 valence electrons. The number of aromatic nitrogens is 2. The fourth-order valence-electron chi connectivity index (χ4n) is 4.80. The van der Waals surface area contributed by atoms with E-state index in [9.17, 15) is 27.6 Å². The van der Waals surface area contributed by atoms with Crippen LogP contribution in [0.15, 0.2) is 60.8 Å². The molecule has 0 saturated carbocycles. The highest BCUT2D eigenvalue weighted by atomic mass is 35.5. The lowest BCUT2D eigenvalue weighted by Gasteiger charge is -2.25. The van der Waals surface area contributed by atoms with E-state index >= 15 is 0 Å². The van der Waals surface area contributed by atoms with Crippen molar-refractivity contribution in [3.8, 4) is 11.3 Å². The van der Waals surface area contributed by atoms with Gasteiger partial charge in [-0.25, -0.2) is 0 Å². The number of nitrogens with one attached hydrogen (secondary N) is 1. The molecule has 1 atom stereocenters. The van der Waals surface area contributed by atoms with Crippen LogP contribution in [0.5, 0.6) is 0 Å². The third kappa shape index (κ3) is 5.61. The Morgan fingerprint density at radius 2 is 1.66 bits per heavy atom. The summed E-state index contributed by atoms with van der Waals surface area (Å²) in [5.74, 6) is -1.80. The van der Waals surface area contributed by atoms with Gasteiger partial charge in [0.2, 0.25) is 0 Å². The summed E-state index contributed by atoms with van der Waals surface area (Å²) in [4.78, 5) is 40.6. The lowest BCUT2D eigenvalue weighted by molar-refractivity contribution is -0.138. The smallest absolute Gasteiger partial charge is 0.346 e. The maximum atomic E-state index is 13.8. The van der Waals surface area contributed by atoms with Crippen LogP contribution >= 0.6 is 34.5 Å². The van der Waals surface area contributed by atoms with Crippen molar-refractivity contribution in [1.82, 2.24) is 20.0 Å². The lowest BCUT2D eigenvalue weighted by Crippen LogP contribution is -2.47. The van der Waals surface area contributed by atoms with Crippen LogP contribution < -0.4 is 5.32 Å². The van der Waals surface area contributed by atoms with Crippen molar-refractivity contribution in [2.75, 3.05) is 6.54 Å². The first-order chi connectivity index (χ1) is 19.5. The maximum absolute atomic E-state index is 13.8. The van der Waals surface area contributed by atoms with Crippen LogP contribution in [-0.4, -0.2) is 45.0 Å². The summed E-state index contributed by atoms with van der Waals surface area (Å²) in [5.41, 5.74) is 0.423. The molecule has 4 aromatic rings. The van der Waals surface area contributed by atoms with Crippen molar-refractivity contribution in [3.63, 3.8) is 0 Å². The molecule has 3 amide bonds. The molecule has 2 aromatic carbocycles. The van der Waals surface area contributed by atoms with Crippen molar-refractivity contribution >= 4 is 52.3 Å². The van der Waals surface area contributed by atoms with Crippen LogP contribution in [0.2, 0.25) is 9.36 Å². The summed E-state index contributed by atoms with van der Waals surface area (Å²) < 4.78 is 43.2. The first kappa shape index (κ1) is 28.8. The number of rotatable bonds is 8. The van der Waals surface area contributed by atoms with E-state index < -0.39 is 35.5 Å². The third-order valence-electron chi connectivity index (χ3n) is 6.67. The molecule has 1 N–H and O–H groups in total. The third-order valence-corrected chi connectivity index (χ3v) is 8.30. The number of benzene rings is 2. The molecule has 2 aromatic heterocycles. The molecule has 0 radical (unpaired) electrons. The molecule has 13 heteroatoms. The van der Waals surface area contributed by atoms with Crippen LogP contribution in [0.25, 0.3) is 11.3 Å². The van der Waals surface area contributed by atoms with Gasteiger partial charge in [-0.05, 0) is 43.2 Å². The Labute approximate surface area is 246 Å². The van der Waals surface area contributed by atoms with Gasteiger partial charge in [-0.2, -0.15) is 18.3 Å². The number of carbonyl (C=O) groups is 3. The van der Waals surface area contributed by atoms with Gasteiger partial charge in [-0.1, -0.05) is 53.5 Å². The number of carbonyl (C=O) groups excluding carboxylic acids is 3. The highest BCUT2D eigenvalue weighted by molar-refractivity contribution is 7.18. The molecule has 5 rings (SSSR count). The second-order valence-electron chi connectivity index (χ2n) is 9.25. The number of imide groups is 1. The minimum absolute atomic E-state index is 0.0922. The molecule has 0 saturated heterocycles. The Kier molecular flexibility index (Phi) is 7.95. The molecule has 1 aliphatic rings. The van der Waals surface area contributed by atoms with Gasteiger partial charge in [0.1, 0.15) is 4.34 Å². The van der Waals surface area contributed by atoms with E-state index in [1.165, 1.54) is 42.6 Å². The lowest BCUT2D eigenvalue weighted by atomic mass is 9.99. The molecule has 0 bridgehead atoms. The van der Waals surface area contributed by atoms with Gasteiger partial charge in [0.15, 0.2) is 0 Å². The number of fused-ring (bicyclic) bond motifs is 1. The zero-order valence-corrected chi connectivity index (χ0v) is 23.7. The molecule has 7 nitrogen and oxygen atoms in total. The van der Waals surface area contributed by atoms with Crippen LogP contribution in [-0.2, 0) is 19.1 Å². The Morgan fingerprint density at radius 1 is 1.02 bits per heavy atom. The Morgan fingerprint density at radius 3 is 2.29 bits per heavy atom. The van der Waals surface area contributed by atoms with Gasteiger partial charge in [0.05, 0.1) is 44.5 Å². The summed E-state index contributed by atoms with van der Waals surface area (Å²) in [6, 6.07) is 11.7. The van der Waals surface area contributed by atoms with E-state index in [0.29, 0.717) is 22.8 Å². The zero-order valence-electron chi connectivity index (χ0n) is 21.3. The summed E-state index contributed by atoms with van der Waals surface area (Å²) in [7, 11) is 0. The number of aryl methyl sites for hydroxylation is 1. The van der Waals surface area contributed by atoms with Gasteiger partial charge < -0.3 is 5.32 Å². The van der Waals surface area contributed by atoms with E-state index in [1.54, 1.807) is 16.8 Å². The van der Waals surface area contributed by atoms with Crippen molar-refractivity contribution < 1.29 is 27.6 Å². The number of halogens is 5. The summed E-state index contributed by atoms with van der Waals surface area (Å²) in [5, 5.41) is 7.25. The number of hydrogen-bond donors (Lipinski definition) is 1. The van der Waals surface area contributed by atoms with Crippen LogP contribution in [0.3, 0.4) is 0 Å². The zero-order chi connectivity index (χ0) is 29.5. The van der Waals surface area contributed by atoms with Crippen molar-refractivity contribution in [2.45, 2.75) is 32.1 Å². The molecule has 3 heterocycles. The topological polar surface area (TPSA) is 84.3 Å². The molecule has 41 heavy (non-hydrogen) atoms. The average molecular weight is 621 g/mol. The van der Waals surface area contributed by atoms with Gasteiger partial charge in [-0.15, -0.1) is 11.3 Å². The summed E-state index contributed by atoms with van der Waals surface area (Å²) in [6.45, 7) is 2.02. The highest BCUT2D eigenvalue weighted by Crippen LogP contribution is 2.39. The highest BCUT2D eigenvalue weighted by Gasteiger charge is 2.38. The predicted octanol–water partition coefficient (Wildman–Crippen LogP) is 6.59. The van der Waals surface area contributed by atoms with Gasteiger partial charge in [0, 0.05) is 18.7 Å². The minimum atomic E-state index is -4.64. The Hall–Kier alpha value is -3.67. The largest absolute Gasteiger partial charge is 0.416 e. The van der Waals surface area contributed by atoms with Gasteiger partial charge in [-0.3, -0.25) is 24.0 Å². The fourth-order valence-corrected chi connectivity index (χ4v) is 6.22. The first-order valence-corrected chi connectivity index (χ1v) is 14.0. The molecule has 0 unspecified atom stereocenters. The Bertz CT molecular complexity index is 1630.